The maximum absolute atomic E-state index is 13.0. The van der Waals surface area contributed by atoms with Crippen LogP contribution in [0.15, 0.2) is 40.9 Å². The van der Waals surface area contributed by atoms with Crippen LogP contribution < -0.4 is 11.1 Å². The second-order valence-electron chi connectivity index (χ2n) is 8.02. The minimum absolute atomic E-state index is 0.0134. The predicted octanol–water partition coefficient (Wildman–Crippen LogP) is 3.30. The van der Waals surface area contributed by atoms with Crippen LogP contribution in [-0.4, -0.2) is 18.4 Å². The first-order valence-corrected chi connectivity index (χ1v) is 10.3. The Hall–Kier alpha value is -1.62. The zero-order valence-electron chi connectivity index (χ0n) is 15.0. The van der Waals surface area contributed by atoms with Gasteiger partial charge in [0.25, 0.3) is 0 Å². The smallest absolute Gasteiger partial charge is 0.229 e. The van der Waals surface area contributed by atoms with Crippen molar-refractivity contribution in [1.82, 2.24) is 5.32 Å². The Morgan fingerprint density at radius 3 is 2.50 bits per heavy atom. The maximum Gasteiger partial charge on any atom is 0.229 e. The molecule has 1 spiro atoms. The predicted molar refractivity (Wildman–Crippen MR) is 104 cm³/mol. The molecule has 0 unspecified atom stereocenters. The number of hydrogen-bond donors (Lipinski definition) is 2. The first kappa shape index (κ1) is 17.8. The van der Waals surface area contributed by atoms with Gasteiger partial charge in [0.15, 0.2) is 0 Å². The van der Waals surface area contributed by atoms with E-state index in [1.807, 2.05) is 31.2 Å². The number of amides is 2. The van der Waals surface area contributed by atoms with Crippen LogP contribution in [0.4, 0.5) is 0 Å². The third kappa shape index (κ3) is 2.32. The van der Waals surface area contributed by atoms with Gasteiger partial charge in [-0.1, -0.05) is 47.1 Å². The fourth-order valence-corrected chi connectivity index (χ4v) is 5.95. The summed E-state index contributed by atoms with van der Waals surface area (Å²) in [4.78, 5) is 25.1. The number of nitrogens with one attached hydrogen (secondary N) is 1. The lowest BCUT2D eigenvalue weighted by molar-refractivity contribution is -0.127. The highest BCUT2D eigenvalue weighted by atomic mass is 79.9. The number of carbonyl (C=O) groups excluding carboxylic acids is 2. The second kappa shape index (κ2) is 6.22. The van der Waals surface area contributed by atoms with Crippen LogP contribution in [-0.2, 0) is 15.0 Å². The standard InChI is InChI=1S/C21H25BrN2O2/c1-2-3-18(25)24-12-16-15-8-9-17(20(15)10-11-20)21(16,19(23)26)13-4-6-14(22)7-5-13/h4-9,15-17H,2-3,10-12H2,1H3,(H2,23,26)(H,24,25)/t15-,16-,17+,21+/m1/s1. The van der Waals surface area contributed by atoms with Gasteiger partial charge in [-0.15, -0.1) is 0 Å². The Kier molecular flexibility index (Phi) is 4.25. The molecule has 5 heteroatoms. The van der Waals surface area contributed by atoms with E-state index in [-0.39, 0.29) is 29.1 Å². The van der Waals surface area contributed by atoms with Crippen molar-refractivity contribution in [2.75, 3.05) is 6.54 Å². The number of nitrogens with two attached hydrogens (primary N) is 1. The number of rotatable bonds is 6. The van der Waals surface area contributed by atoms with Crippen molar-refractivity contribution < 1.29 is 9.59 Å². The summed E-state index contributed by atoms with van der Waals surface area (Å²) in [5.74, 6) is 0.243. The van der Waals surface area contributed by atoms with Crippen LogP contribution >= 0.6 is 15.9 Å². The minimum Gasteiger partial charge on any atom is -0.369 e. The van der Waals surface area contributed by atoms with E-state index in [1.54, 1.807) is 0 Å². The molecule has 0 heterocycles. The molecule has 4 rings (SSSR count). The molecular weight excluding hydrogens is 392 g/mol. The summed E-state index contributed by atoms with van der Waals surface area (Å²) < 4.78 is 0.980. The van der Waals surface area contributed by atoms with Crippen molar-refractivity contribution in [3.05, 3.63) is 46.5 Å². The van der Waals surface area contributed by atoms with Crippen molar-refractivity contribution in [3.8, 4) is 0 Å². The summed E-state index contributed by atoms with van der Waals surface area (Å²) in [7, 11) is 0. The summed E-state index contributed by atoms with van der Waals surface area (Å²) in [5, 5.41) is 3.08. The van der Waals surface area contributed by atoms with E-state index in [4.69, 9.17) is 5.73 Å². The molecule has 1 aromatic rings. The van der Waals surface area contributed by atoms with Gasteiger partial charge in [0, 0.05) is 29.3 Å². The van der Waals surface area contributed by atoms with Crippen molar-refractivity contribution in [1.29, 1.82) is 0 Å². The van der Waals surface area contributed by atoms with E-state index in [0.29, 0.717) is 18.9 Å². The molecule has 1 aromatic carbocycles. The lowest BCUT2D eigenvalue weighted by atomic mass is 9.63. The summed E-state index contributed by atoms with van der Waals surface area (Å²) in [5.41, 5.74) is 6.50. The molecule has 2 saturated carbocycles. The number of hydrogen-bond acceptors (Lipinski definition) is 2. The quantitative estimate of drug-likeness (QED) is 0.698. The fraction of sp³-hybridized carbons (Fsp3) is 0.524. The summed E-state index contributed by atoms with van der Waals surface area (Å²) >= 11 is 3.48. The van der Waals surface area contributed by atoms with Gasteiger partial charge in [0.1, 0.15) is 0 Å². The molecule has 3 N–H and O–H groups in total. The van der Waals surface area contributed by atoms with Crippen LogP contribution in [0, 0.1) is 23.2 Å². The second-order valence-corrected chi connectivity index (χ2v) is 8.94. The molecule has 0 saturated heterocycles. The van der Waals surface area contributed by atoms with Gasteiger partial charge in [-0.25, -0.2) is 0 Å². The SMILES string of the molecule is CCCC(=O)NC[C@@H]1[C@H]2C=C[C@@H](C23CC3)[C@]1(C(N)=O)c1ccc(Br)cc1. The average Bonchev–Trinajstić information content (AvgIpc) is 3.27. The van der Waals surface area contributed by atoms with Gasteiger partial charge in [-0.3, -0.25) is 9.59 Å². The lowest BCUT2D eigenvalue weighted by Crippen LogP contribution is -2.53. The molecule has 2 bridgehead atoms. The Morgan fingerprint density at radius 2 is 1.92 bits per heavy atom. The van der Waals surface area contributed by atoms with Gasteiger partial charge in [-0.05, 0) is 48.3 Å². The van der Waals surface area contributed by atoms with Crippen LogP contribution in [0.3, 0.4) is 0 Å². The molecule has 0 aromatic heterocycles. The van der Waals surface area contributed by atoms with Gasteiger partial charge < -0.3 is 11.1 Å². The fourth-order valence-electron chi connectivity index (χ4n) is 5.69. The molecule has 4 nitrogen and oxygen atoms in total. The van der Waals surface area contributed by atoms with Gasteiger partial charge >= 0.3 is 0 Å². The van der Waals surface area contributed by atoms with Crippen LogP contribution in [0.5, 0.6) is 0 Å². The number of primary amides is 1. The van der Waals surface area contributed by atoms with E-state index in [9.17, 15) is 9.59 Å². The average molecular weight is 417 g/mol. The van der Waals surface area contributed by atoms with E-state index in [1.165, 1.54) is 0 Å². The Labute approximate surface area is 162 Å². The van der Waals surface area contributed by atoms with Crippen molar-refractivity contribution in [2.45, 2.75) is 38.0 Å². The third-order valence-corrected chi connectivity index (χ3v) is 7.38. The summed E-state index contributed by atoms with van der Waals surface area (Å²) in [6.07, 6.45) is 8.10. The number of allylic oxidation sites excluding steroid dienone is 2. The Bertz CT molecular complexity index is 769. The minimum atomic E-state index is -0.740. The molecule has 3 aliphatic rings. The van der Waals surface area contributed by atoms with Crippen LogP contribution in [0.25, 0.3) is 0 Å². The van der Waals surface area contributed by atoms with Crippen molar-refractivity contribution >= 4 is 27.7 Å². The van der Waals surface area contributed by atoms with Crippen molar-refractivity contribution in [2.24, 2.45) is 28.9 Å². The highest BCUT2D eigenvalue weighted by Gasteiger charge is 2.74. The zero-order valence-corrected chi connectivity index (χ0v) is 16.6. The molecule has 138 valence electrons. The molecule has 3 aliphatic carbocycles. The molecule has 0 aliphatic heterocycles. The summed E-state index contributed by atoms with van der Waals surface area (Å²) in [6.45, 7) is 2.50. The largest absolute Gasteiger partial charge is 0.369 e. The number of benzene rings is 1. The highest BCUT2D eigenvalue weighted by Crippen LogP contribution is 2.75. The normalized spacial score (nSPS) is 32.8. The molecule has 26 heavy (non-hydrogen) atoms. The number of halogens is 1. The molecule has 4 atom stereocenters. The van der Waals surface area contributed by atoms with Crippen molar-refractivity contribution in [3.63, 3.8) is 0 Å². The van der Waals surface area contributed by atoms with Gasteiger partial charge in [-0.2, -0.15) is 0 Å². The van der Waals surface area contributed by atoms with E-state index < -0.39 is 5.41 Å². The first-order chi connectivity index (χ1) is 12.5. The van der Waals surface area contributed by atoms with E-state index in [2.05, 4.69) is 33.4 Å². The summed E-state index contributed by atoms with van der Waals surface area (Å²) in [6, 6.07) is 7.98. The molecule has 2 fully saturated rings. The first-order valence-electron chi connectivity index (χ1n) is 9.47. The monoisotopic (exact) mass is 416 g/mol. The Morgan fingerprint density at radius 1 is 1.23 bits per heavy atom. The molecule has 0 radical (unpaired) electrons. The van der Waals surface area contributed by atoms with E-state index in [0.717, 1.165) is 29.3 Å². The third-order valence-electron chi connectivity index (χ3n) is 6.86. The van der Waals surface area contributed by atoms with E-state index >= 15 is 0 Å². The van der Waals surface area contributed by atoms with Gasteiger partial charge in [0.2, 0.25) is 11.8 Å². The number of carbonyl (C=O) groups is 2. The zero-order chi connectivity index (χ0) is 18.5. The van der Waals surface area contributed by atoms with Crippen LogP contribution in [0.1, 0.15) is 38.2 Å². The topological polar surface area (TPSA) is 72.2 Å². The highest BCUT2D eigenvalue weighted by molar-refractivity contribution is 9.10. The van der Waals surface area contributed by atoms with Gasteiger partial charge in [0.05, 0.1) is 5.41 Å². The van der Waals surface area contributed by atoms with Crippen LogP contribution in [0.2, 0.25) is 0 Å². The maximum atomic E-state index is 13.0. The Balaban J connectivity index is 1.76. The molecular formula is C21H25BrN2O2. The lowest BCUT2D eigenvalue weighted by Gasteiger charge is -2.40. The molecule has 2 amide bonds.